The highest BCUT2D eigenvalue weighted by molar-refractivity contribution is 6.07. The predicted octanol–water partition coefficient (Wildman–Crippen LogP) is 4.76. The van der Waals surface area contributed by atoms with Crippen molar-refractivity contribution >= 4 is 11.6 Å². The van der Waals surface area contributed by atoms with Crippen LogP contribution >= 0.6 is 0 Å². The molecule has 0 heterocycles. The Hall–Kier alpha value is -2.90. The summed E-state index contributed by atoms with van der Waals surface area (Å²) in [4.78, 5) is 12.7. The molecule has 0 fully saturated rings. The van der Waals surface area contributed by atoms with Crippen LogP contribution < -0.4 is 19.5 Å². The van der Waals surface area contributed by atoms with Crippen molar-refractivity contribution in [2.45, 2.75) is 19.5 Å². The molecular weight excluding hydrogens is 363 g/mol. The van der Waals surface area contributed by atoms with Gasteiger partial charge in [-0.3, -0.25) is 4.79 Å². The highest BCUT2D eigenvalue weighted by Gasteiger charge is 2.31. The molecule has 0 bridgehead atoms. The van der Waals surface area contributed by atoms with Gasteiger partial charge < -0.3 is 19.5 Å². The van der Waals surface area contributed by atoms with E-state index >= 15 is 0 Å². The molecule has 0 saturated carbocycles. The largest absolute Gasteiger partial charge is 0.493 e. The Morgan fingerprint density at radius 3 is 2.41 bits per heavy atom. The molecule has 0 saturated heterocycles. The van der Waals surface area contributed by atoms with Crippen LogP contribution in [0.25, 0.3) is 0 Å². The third-order valence-corrected chi connectivity index (χ3v) is 3.66. The Morgan fingerprint density at radius 1 is 1.07 bits per heavy atom. The molecular formula is C19H20F3NO4. The van der Waals surface area contributed by atoms with E-state index in [1.165, 1.54) is 26.4 Å². The van der Waals surface area contributed by atoms with Gasteiger partial charge in [-0.05, 0) is 36.8 Å². The first-order valence-corrected chi connectivity index (χ1v) is 8.18. The van der Waals surface area contributed by atoms with Gasteiger partial charge in [0.1, 0.15) is 5.75 Å². The van der Waals surface area contributed by atoms with Crippen LogP contribution in [-0.2, 0) is 6.18 Å². The maximum Gasteiger partial charge on any atom is 0.416 e. The molecule has 0 aliphatic rings. The molecule has 1 N–H and O–H groups in total. The van der Waals surface area contributed by atoms with Crippen LogP contribution in [0.15, 0.2) is 36.4 Å². The van der Waals surface area contributed by atoms with Crippen LogP contribution in [0.4, 0.5) is 18.9 Å². The molecule has 0 atom stereocenters. The van der Waals surface area contributed by atoms with E-state index < -0.39 is 17.6 Å². The van der Waals surface area contributed by atoms with Crippen molar-refractivity contribution in [3.8, 4) is 17.2 Å². The van der Waals surface area contributed by atoms with Gasteiger partial charge in [0.25, 0.3) is 5.91 Å². The molecule has 8 heteroatoms. The van der Waals surface area contributed by atoms with Crippen molar-refractivity contribution in [1.82, 2.24) is 0 Å². The summed E-state index contributed by atoms with van der Waals surface area (Å²) in [5.74, 6) is 0.0173. The lowest BCUT2D eigenvalue weighted by Crippen LogP contribution is -2.16. The number of anilines is 1. The molecule has 0 aliphatic carbocycles. The van der Waals surface area contributed by atoms with Crippen LogP contribution in [0.3, 0.4) is 0 Å². The van der Waals surface area contributed by atoms with Crippen molar-refractivity contribution < 1.29 is 32.2 Å². The van der Waals surface area contributed by atoms with E-state index in [0.29, 0.717) is 18.8 Å². The van der Waals surface area contributed by atoms with Crippen molar-refractivity contribution in [1.29, 1.82) is 0 Å². The monoisotopic (exact) mass is 383 g/mol. The maximum atomic E-state index is 13.0. The number of alkyl halides is 3. The van der Waals surface area contributed by atoms with Gasteiger partial charge in [0, 0.05) is 0 Å². The average Bonchev–Trinajstić information content (AvgIpc) is 2.65. The Balaban J connectivity index is 2.41. The van der Waals surface area contributed by atoms with Crippen LogP contribution in [0.5, 0.6) is 17.2 Å². The summed E-state index contributed by atoms with van der Waals surface area (Å²) in [5.41, 5.74) is -0.844. The maximum absolute atomic E-state index is 13.0. The third kappa shape index (κ3) is 4.84. The van der Waals surface area contributed by atoms with Crippen LogP contribution in [-0.4, -0.2) is 26.7 Å². The SMILES string of the molecule is CCCOc1ccc(C(F)(F)F)cc1NC(=O)c1cccc(OC)c1OC. The second-order valence-corrected chi connectivity index (χ2v) is 5.55. The number of carbonyl (C=O) groups excluding carboxylic acids is 1. The second-order valence-electron chi connectivity index (χ2n) is 5.55. The molecule has 5 nitrogen and oxygen atoms in total. The smallest absolute Gasteiger partial charge is 0.416 e. The zero-order valence-electron chi connectivity index (χ0n) is 15.1. The van der Waals surface area contributed by atoms with Gasteiger partial charge in [-0.15, -0.1) is 0 Å². The van der Waals surface area contributed by atoms with E-state index in [1.54, 1.807) is 12.1 Å². The molecule has 2 aromatic carbocycles. The minimum atomic E-state index is -4.55. The summed E-state index contributed by atoms with van der Waals surface area (Å²) in [5, 5.41) is 2.47. The Labute approximate surface area is 155 Å². The number of hydrogen-bond donors (Lipinski definition) is 1. The topological polar surface area (TPSA) is 56.8 Å². The number of benzene rings is 2. The van der Waals surface area contributed by atoms with Gasteiger partial charge in [-0.25, -0.2) is 0 Å². The highest BCUT2D eigenvalue weighted by atomic mass is 19.4. The lowest BCUT2D eigenvalue weighted by atomic mass is 10.1. The predicted molar refractivity (Wildman–Crippen MR) is 94.7 cm³/mol. The fourth-order valence-corrected chi connectivity index (χ4v) is 2.40. The summed E-state index contributed by atoms with van der Waals surface area (Å²) in [6, 6.07) is 7.61. The van der Waals surface area contributed by atoms with E-state index in [1.807, 2.05) is 6.92 Å². The Morgan fingerprint density at radius 2 is 1.81 bits per heavy atom. The van der Waals surface area contributed by atoms with Gasteiger partial charge in [0.05, 0.1) is 37.6 Å². The van der Waals surface area contributed by atoms with Gasteiger partial charge in [-0.1, -0.05) is 13.0 Å². The number of rotatable bonds is 7. The summed E-state index contributed by atoms with van der Waals surface area (Å²) >= 11 is 0. The summed E-state index contributed by atoms with van der Waals surface area (Å²) in [6.07, 6.45) is -3.88. The number of ether oxygens (including phenoxy) is 3. The van der Waals surface area contributed by atoms with Crippen molar-refractivity contribution in [2.75, 3.05) is 26.1 Å². The van der Waals surface area contributed by atoms with Gasteiger partial charge >= 0.3 is 6.18 Å². The lowest BCUT2D eigenvalue weighted by Gasteiger charge is -2.16. The molecule has 0 unspecified atom stereocenters. The Kier molecular flexibility index (Phi) is 6.55. The van der Waals surface area contributed by atoms with E-state index in [2.05, 4.69) is 5.32 Å². The molecule has 0 aromatic heterocycles. The standard InChI is InChI=1S/C19H20F3NO4/c1-4-10-27-15-9-8-12(19(20,21)22)11-14(15)23-18(24)13-6-5-7-16(25-2)17(13)26-3/h5-9,11H,4,10H2,1-3H3,(H,23,24). The van der Waals surface area contributed by atoms with E-state index in [9.17, 15) is 18.0 Å². The second kappa shape index (κ2) is 8.66. The van der Waals surface area contributed by atoms with E-state index in [4.69, 9.17) is 14.2 Å². The van der Waals surface area contributed by atoms with Gasteiger partial charge in [0.15, 0.2) is 11.5 Å². The normalized spacial score (nSPS) is 11.0. The summed E-state index contributed by atoms with van der Waals surface area (Å²) in [6.45, 7) is 2.17. The molecule has 1 amide bonds. The van der Waals surface area contributed by atoms with E-state index in [-0.39, 0.29) is 22.7 Å². The van der Waals surface area contributed by atoms with Crippen LogP contribution in [0.2, 0.25) is 0 Å². The molecule has 0 spiro atoms. The molecule has 2 rings (SSSR count). The van der Waals surface area contributed by atoms with E-state index in [0.717, 1.165) is 12.1 Å². The number of halogens is 3. The van der Waals surface area contributed by atoms with Crippen LogP contribution in [0, 0.1) is 0 Å². The number of nitrogens with one attached hydrogen (secondary N) is 1. The van der Waals surface area contributed by atoms with Crippen molar-refractivity contribution in [3.63, 3.8) is 0 Å². The number of hydrogen-bond acceptors (Lipinski definition) is 4. The molecule has 146 valence electrons. The molecule has 27 heavy (non-hydrogen) atoms. The fraction of sp³-hybridized carbons (Fsp3) is 0.316. The molecule has 0 aliphatic heterocycles. The zero-order chi connectivity index (χ0) is 20.0. The van der Waals surface area contributed by atoms with Gasteiger partial charge in [-0.2, -0.15) is 13.2 Å². The minimum Gasteiger partial charge on any atom is -0.493 e. The van der Waals surface area contributed by atoms with Crippen molar-refractivity contribution in [3.05, 3.63) is 47.5 Å². The summed E-state index contributed by atoms with van der Waals surface area (Å²) in [7, 11) is 2.79. The average molecular weight is 383 g/mol. The molecule has 0 radical (unpaired) electrons. The number of carbonyl (C=O) groups is 1. The zero-order valence-corrected chi connectivity index (χ0v) is 15.1. The fourth-order valence-electron chi connectivity index (χ4n) is 2.40. The first kappa shape index (κ1) is 20.4. The lowest BCUT2D eigenvalue weighted by molar-refractivity contribution is -0.137. The first-order valence-electron chi connectivity index (χ1n) is 8.18. The molecule has 2 aromatic rings. The first-order chi connectivity index (χ1) is 12.8. The summed E-state index contributed by atoms with van der Waals surface area (Å²) < 4.78 is 54.9. The third-order valence-electron chi connectivity index (χ3n) is 3.66. The number of methoxy groups -OCH3 is 2. The minimum absolute atomic E-state index is 0.0758. The van der Waals surface area contributed by atoms with Gasteiger partial charge in [0.2, 0.25) is 0 Å². The number of para-hydroxylation sites is 1. The van der Waals surface area contributed by atoms with Crippen LogP contribution in [0.1, 0.15) is 29.3 Å². The quantitative estimate of drug-likeness (QED) is 0.749. The Bertz CT molecular complexity index is 806. The highest BCUT2D eigenvalue weighted by Crippen LogP contribution is 2.36. The number of amides is 1. The van der Waals surface area contributed by atoms with Crippen molar-refractivity contribution in [2.24, 2.45) is 0 Å².